The zero-order valence-electron chi connectivity index (χ0n) is 16.8. The van der Waals surface area contributed by atoms with E-state index in [0.29, 0.717) is 17.5 Å². The van der Waals surface area contributed by atoms with Crippen LogP contribution >= 0.6 is 31.9 Å². The van der Waals surface area contributed by atoms with Crippen LogP contribution in [0.15, 0.2) is 74.6 Å². The maximum Gasteiger partial charge on any atom is 0.137 e. The Hall–Kier alpha value is -2.22. The Kier molecular flexibility index (Phi) is 6.74. The lowest BCUT2D eigenvalue weighted by Crippen LogP contribution is -2.33. The molecule has 31 heavy (non-hydrogen) atoms. The molecule has 0 unspecified atom stereocenters. The summed E-state index contributed by atoms with van der Waals surface area (Å²) in [5.41, 5.74) is 3.49. The van der Waals surface area contributed by atoms with E-state index in [4.69, 9.17) is 9.73 Å². The first-order valence-corrected chi connectivity index (χ1v) is 11.5. The Balaban J connectivity index is 1.74. The molecule has 1 aliphatic heterocycles. The average molecular weight is 548 g/mol. The van der Waals surface area contributed by atoms with Gasteiger partial charge < -0.3 is 9.84 Å². The molecule has 0 saturated carbocycles. The zero-order chi connectivity index (χ0) is 22.0. The van der Waals surface area contributed by atoms with Gasteiger partial charge in [0, 0.05) is 28.2 Å². The van der Waals surface area contributed by atoms with Crippen LogP contribution in [-0.4, -0.2) is 17.4 Å². The lowest BCUT2D eigenvalue weighted by molar-refractivity contribution is 0.340. The van der Waals surface area contributed by atoms with Gasteiger partial charge in [-0.05, 0) is 88.6 Å². The van der Waals surface area contributed by atoms with Crippen molar-refractivity contribution in [3.8, 4) is 11.5 Å². The van der Waals surface area contributed by atoms with Crippen molar-refractivity contribution in [2.24, 2.45) is 4.99 Å². The van der Waals surface area contributed by atoms with Gasteiger partial charge in [0.15, 0.2) is 0 Å². The summed E-state index contributed by atoms with van der Waals surface area (Å²) in [7, 11) is 0. The zero-order valence-corrected chi connectivity index (χ0v) is 20.0. The highest BCUT2D eigenvalue weighted by Gasteiger charge is 2.28. The lowest BCUT2D eigenvalue weighted by atomic mass is 9.93. The highest BCUT2D eigenvalue weighted by Crippen LogP contribution is 2.36. The van der Waals surface area contributed by atoms with Crippen LogP contribution in [0, 0.1) is 5.82 Å². The second-order valence-corrected chi connectivity index (χ2v) is 9.01. The minimum atomic E-state index is -0.393. The number of phenols is 1. The number of aliphatic imine (C=N–C) groups is 1. The van der Waals surface area contributed by atoms with E-state index in [9.17, 15) is 9.50 Å². The van der Waals surface area contributed by atoms with E-state index < -0.39 is 6.17 Å². The number of halogens is 3. The van der Waals surface area contributed by atoms with Crippen molar-refractivity contribution in [3.63, 3.8) is 0 Å². The van der Waals surface area contributed by atoms with Gasteiger partial charge in [0.05, 0.1) is 11.1 Å². The Morgan fingerprint density at radius 3 is 2.58 bits per heavy atom. The Bertz CT molecular complexity index is 1120. The smallest absolute Gasteiger partial charge is 0.137 e. The predicted octanol–water partition coefficient (Wildman–Crippen LogP) is 6.68. The van der Waals surface area contributed by atoms with Gasteiger partial charge in [-0.3, -0.25) is 10.3 Å². The highest BCUT2D eigenvalue weighted by molar-refractivity contribution is 9.10. The van der Waals surface area contributed by atoms with E-state index in [-0.39, 0.29) is 17.6 Å². The number of hydrogen-bond acceptors (Lipinski definition) is 4. The summed E-state index contributed by atoms with van der Waals surface area (Å²) in [6.45, 7) is 2.56. The molecule has 0 amide bonds. The number of phenolic OH excluding ortho intramolecular Hbond substituents is 1. The minimum Gasteiger partial charge on any atom is -0.508 e. The number of rotatable bonds is 5. The molecule has 2 atom stereocenters. The van der Waals surface area contributed by atoms with Crippen LogP contribution in [0.25, 0.3) is 0 Å². The van der Waals surface area contributed by atoms with E-state index in [1.54, 1.807) is 24.3 Å². The van der Waals surface area contributed by atoms with Gasteiger partial charge in [0.1, 0.15) is 23.5 Å². The number of benzene rings is 3. The molecular formula is C24H21Br2FN2O2. The summed E-state index contributed by atoms with van der Waals surface area (Å²) >= 11 is 6.76. The fourth-order valence-electron chi connectivity index (χ4n) is 3.65. The Morgan fingerprint density at radius 1 is 1.10 bits per heavy atom. The molecule has 0 bridgehead atoms. The fraction of sp³-hybridized carbons (Fsp3) is 0.208. The van der Waals surface area contributed by atoms with Gasteiger partial charge in [-0.1, -0.05) is 22.0 Å². The van der Waals surface area contributed by atoms with Gasteiger partial charge >= 0.3 is 0 Å². The number of ether oxygens (including phenoxy) is 1. The topological polar surface area (TPSA) is 53.8 Å². The van der Waals surface area contributed by atoms with E-state index in [1.165, 1.54) is 6.07 Å². The van der Waals surface area contributed by atoms with E-state index in [2.05, 4.69) is 37.2 Å². The SMILES string of the molecule is CCOc1ccc(C2=N[C@H](c3ccc(F)c(Br)c3)N[C@H](c3cc(Br)ccc3O)C2)cc1. The fourth-order valence-corrected chi connectivity index (χ4v) is 4.42. The first-order chi connectivity index (χ1) is 14.9. The third-order valence-electron chi connectivity index (χ3n) is 5.16. The van der Waals surface area contributed by atoms with Crippen molar-refractivity contribution in [1.29, 1.82) is 0 Å². The molecule has 160 valence electrons. The van der Waals surface area contributed by atoms with Gasteiger partial charge in [0.25, 0.3) is 0 Å². The largest absolute Gasteiger partial charge is 0.508 e. The third kappa shape index (κ3) is 5.00. The predicted molar refractivity (Wildman–Crippen MR) is 127 cm³/mol. The lowest BCUT2D eigenvalue weighted by Gasteiger charge is -2.31. The van der Waals surface area contributed by atoms with Gasteiger partial charge in [-0.25, -0.2) is 4.39 Å². The molecule has 0 saturated heterocycles. The average Bonchev–Trinajstić information content (AvgIpc) is 2.78. The molecule has 4 rings (SSSR count). The highest BCUT2D eigenvalue weighted by atomic mass is 79.9. The second-order valence-electron chi connectivity index (χ2n) is 7.24. The van der Waals surface area contributed by atoms with Crippen LogP contribution in [0.4, 0.5) is 4.39 Å². The number of hydrogen-bond donors (Lipinski definition) is 2. The first kappa shape index (κ1) is 22.0. The van der Waals surface area contributed by atoms with Crippen molar-refractivity contribution >= 4 is 37.6 Å². The summed E-state index contributed by atoms with van der Waals surface area (Å²) in [5.74, 6) is 0.699. The quantitative estimate of drug-likeness (QED) is 0.374. The molecule has 1 aliphatic rings. The van der Waals surface area contributed by atoms with Crippen LogP contribution in [-0.2, 0) is 0 Å². The van der Waals surface area contributed by atoms with E-state index >= 15 is 0 Å². The molecule has 1 heterocycles. The second kappa shape index (κ2) is 9.51. The molecule has 0 fully saturated rings. The van der Waals surface area contributed by atoms with E-state index in [1.807, 2.05) is 37.3 Å². The molecule has 0 spiro atoms. The van der Waals surface area contributed by atoms with Crippen LogP contribution < -0.4 is 10.1 Å². The molecule has 2 N–H and O–H groups in total. The standard InChI is InChI=1S/C24H21Br2FN2O2/c1-2-31-17-7-3-14(4-8-17)21-13-22(18-12-16(25)6-10-23(18)30)29-24(28-21)15-5-9-20(27)19(26)11-15/h3-12,22,24,29-30H,2,13H2,1H3/t22-,24-/m0/s1. The molecule has 0 aliphatic carbocycles. The van der Waals surface area contributed by atoms with Gasteiger partial charge in [0.2, 0.25) is 0 Å². The maximum absolute atomic E-state index is 13.8. The summed E-state index contributed by atoms with van der Waals surface area (Å²) in [4.78, 5) is 4.92. The first-order valence-electron chi connectivity index (χ1n) is 9.94. The Morgan fingerprint density at radius 2 is 1.87 bits per heavy atom. The molecular weight excluding hydrogens is 527 g/mol. The number of aromatic hydroxyl groups is 1. The van der Waals surface area contributed by atoms with Crippen LogP contribution in [0.3, 0.4) is 0 Å². The summed E-state index contributed by atoms with van der Waals surface area (Å²) in [6, 6.07) is 17.9. The van der Waals surface area contributed by atoms with Crippen molar-refractivity contribution in [3.05, 3.63) is 92.1 Å². The van der Waals surface area contributed by atoms with Crippen molar-refractivity contribution < 1.29 is 14.2 Å². The van der Waals surface area contributed by atoms with Crippen molar-refractivity contribution in [1.82, 2.24) is 5.32 Å². The molecule has 3 aromatic carbocycles. The van der Waals surface area contributed by atoms with Crippen molar-refractivity contribution in [2.75, 3.05) is 6.61 Å². The van der Waals surface area contributed by atoms with Gasteiger partial charge in [-0.2, -0.15) is 0 Å². The molecule has 7 heteroatoms. The Labute approximate surface area is 197 Å². The number of nitrogens with one attached hydrogen (secondary N) is 1. The molecule has 4 nitrogen and oxygen atoms in total. The molecule has 0 radical (unpaired) electrons. The van der Waals surface area contributed by atoms with Crippen LogP contribution in [0.5, 0.6) is 11.5 Å². The number of nitrogens with zero attached hydrogens (tertiary/aromatic N) is 1. The maximum atomic E-state index is 13.8. The molecule has 3 aromatic rings. The monoisotopic (exact) mass is 546 g/mol. The minimum absolute atomic E-state index is 0.176. The molecule has 0 aromatic heterocycles. The third-order valence-corrected chi connectivity index (χ3v) is 6.27. The van der Waals surface area contributed by atoms with Crippen LogP contribution in [0.1, 0.15) is 42.2 Å². The summed E-state index contributed by atoms with van der Waals surface area (Å²) in [6.07, 6.45) is 0.201. The van der Waals surface area contributed by atoms with Crippen molar-refractivity contribution in [2.45, 2.75) is 25.6 Å². The summed E-state index contributed by atoms with van der Waals surface area (Å²) in [5, 5.41) is 14.0. The van der Waals surface area contributed by atoms with Crippen LogP contribution in [0.2, 0.25) is 0 Å². The normalized spacial score (nSPS) is 18.5. The van der Waals surface area contributed by atoms with Gasteiger partial charge in [-0.15, -0.1) is 0 Å². The van der Waals surface area contributed by atoms with E-state index in [0.717, 1.165) is 32.6 Å². The summed E-state index contributed by atoms with van der Waals surface area (Å²) < 4.78 is 20.6.